The van der Waals surface area contributed by atoms with Gasteiger partial charge in [-0.25, -0.2) is 8.78 Å². The molecule has 0 aliphatic heterocycles. The van der Waals surface area contributed by atoms with Crippen LogP contribution in [-0.2, 0) is 28.3 Å². The summed E-state index contributed by atoms with van der Waals surface area (Å²) in [4.78, 5) is 28.5. The number of nitrogens with one attached hydrogen (secondary N) is 1. The molecule has 0 heterocycles. The van der Waals surface area contributed by atoms with E-state index in [1.54, 1.807) is 24.3 Å². The minimum absolute atomic E-state index is 0.0345. The van der Waals surface area contributed by atoms with Gasteiger partial charge in [-0.05, 0) is 44.5 Å². The van der Waals surface area contributed by atoms with E-state index >= 15 is 0 Å². The molecule has 8 heteroatoms. The first kappa shape index (κ1) is 28.7. The van der Waals surface area contributed by atoms with Gasteiger partial charge in [0.1, 0.15) is 17.7 Å². The van der Waals surface area contributed by atoms with Gasteiger partial charge in [-0.1, -0.05) is 66.2 Å². The standard InChI is InChI=1S/C29H31ClF2N2O2S/c1-29(2,3)33-28(36)26(16-20-10-5-4-6-11-20)34(17-21-12-7-8-14-24(21)31)27(35)19-37-18-22-23(30)13-9-15-25(22)32/h4-15,26H,16-19H2,1-3H3,(H,33,36)/t26-/m1/s1. The first-order chi connectivity index (χ1) is 17.5. The first-order valence-electron chi connectivity index (χ1n) is 11.9. The number of hydrogen-bond donors (Lipinski definition) is 1. The highest BCUT2D eigenvalue weighted by molar-refractivity contribution is 7.99. The topological polar surface area (TPSA) is 49.4 Å². The number of thioether (sulfide) groups is 1. The Hall–Kier alpha value is -2.90. The Kier molecular flexibility index (Phi) is 10.1. The van der Waals surface area contributed by atoms with Crippen LogP contribution in [0, 0.1) is 11.6 Å². The fourth-order valence-electron chi connectivity index (χ4n) is 3.81. The monoisotopic (exact) mass is 544 g/mol. The second-order valence-electron chi connectivity index (χ2n) is 9.75. The van der Waals surface area contributed by atoms with Crippen LogP contribution >= 0.6 is 23.4 Å². The molecular weight excluding hydrogens is 514 g/mol. The normalized spacial score (nSPS) is 12.2. The molecule has 0 aliphatic carbocycles. The fraction of sp³-hybridized carbons (Fsp3) is 0.310. The van der Waals surface area contributed by atoms with E-state index in [2.05, 4.69) is 5.32 Å². The van der Waals surface area contributed by atoms with Crippen molar-refractivity contribution in [3.05, 3.63) is 106 Å². The smallest absolute Gasteiger partial charge is 0.243 e. The van der Waals surface area contributed by atoms with Crippen molar-refractivity contribution < 1.29 is 18.4 Å². The predicted molar refractivity (Wildman–Crippen MR) is 146 cm³/mol. The second-order valence-corrected chi connectivity index (χ2v) is 11.1. The highest BCUT2D eigenvalue weighted by Crippen LogP contribution is 2.25. The van der Waals surface area contributed by atoms with E-state index in [-0.39, 0.29) is 41.3 Å². The molecule has 0 saturated heterocycles. The molecule has 4 nitrogen and oxygen atoms in total. The summed E-state index contributed by atoms with van der Waals surface area (Å²) >= 11 is 7.33. The number of halogens is 3. The van der Waals surface area contributed by atoms with Gasteiger partial charge in [-0.2, -0.15) is 0 Å². The van der Waals surface area contributed by atoms with Crippen molar-refractivity contribution in [1.29, 1.82) is 0 Å². The molecule has 0 aromatic heterocycles. The van der Waals surface area contributed by atoms with Crippen LogP contribution in [0.25, 0.3) is 0 Å². The average Bonchev–Trinajstić information content (AvgIpc) is 2.83. The molecule has 1 N–H and O–H groups in total. The summed E-state index contributed by atoms with van der Waals surface area (Å²) in [6.45, 7) is 5.51. The van der Waals surface area contributed by atoms with Crippen LogP contribution in [0.5, 0.6) is 0 Å². The highest BCUT2D eigenvalue weighted by atomic mass is 35.5. The Labute approximate surface area is 226 Å². The van der Waals surface area contributed by atoms with Gasteiger partial charge in [0.25, 0.3) is 0 Å². The summed E-state index contributed by atoms with van der Waals surface area (Å²) < 4.78 is 28.8. The molecule has 196 valence electrons. The zero-order chi connectivity index (χ0) is 27.0. The molecule has 0 fully saturated rings. The van der Waals surface area contributed by atoms with Crippen LogP contribution in [0.4, 0.5) is 8.78 Å². The Morgan fingerprint density at radius 3 is 2.24 bits per heavy atom. The maximum atomic E-state index is 14.6. The van der Waals surface area contributed by atoms with E-state index in [1.807, 2.05) is 51.1 Å². The number of nitrogens with zero attached hydrogens (tertiary/aromatic N) is 1. The molecular formula is C29H31ClF2N2O2S. The Bertz CT molecular complexity index is 1200. The maximum Gasteiger partial charge on any atom is 0.243 e. The molecule has 0 bridgehead atoms. The van der Waals surface area contributed by atoms with Gasteiger partial charge < -0.3 is 10.2 Å². The van der Waals surface area contributed by atoms with E-state index in [9.17, 15) is 18.4 Å². The minimum Gasteiger partial charge on any atom is -0.350 e. The lowest BCUT2D eigenvalue weighted by Gasteiger charge is -2.34. The second kappa shape index (κ2) is 13.1. The van der Waals surface area contributed by atoms with Crippen molar-refractivity contribution >= 4 is 35.2 Å². The summed E-state index contributed by atoms with van der Waals surface area (Å²) in [6.07, 6.45) is 0.257. The van der Waals surface area contributed by atoms with E-state index in [1.165, 1.54) is 34.9 Å². The lowest BCUT2D eigenvalue weighted by Crippen LogP contribution is -2.54. The van der Waals surface area contributed by atoms with Crippen LogP contribution in [-0.4, -0.2) is 34.0 Å². The molecule has 3 aromatic carbocycles. The molecule has 0 saturated carbocycles. The van der Waals surface area contributed by atoms with Gasteiger partial charge in [0.15, 0.2) is 0 Å². The van der Waals surface area contributed by atoms with E-state index in [4.69, 9.17) is 11.6 Å². The fourth-order valence-corrected chi connectivity index (χ4v) is 5.06. The Morgan fingerprint density at radius 2 is 1.59 bits per heavy atom. The number of amides is 2. The number of hydrogen-bond acceptors (Lipinski definition) is 3. The summed E-state index contributed by atoms with van der Waals surface area (Å²) in [6, 6.07) is 19.1. The molecule has 0 radical (unpaired) electrons. The third kappa shape index (κ3) is 8.58. The molecule has 0 unspecified atom stereocenters. The molecule has 37 heavy (non-hydrogen) atoms. The number of benzene rings is 3. The summed E-state index contributed by atoms with van der Waals surface area (Å²) in [5.74, 6) is -1.44. The number of carbonyl (C=O) groups is 2. The van der Waals surface area contributed by atoms with Crippen molar-refractivity contribution in [2.24, 2.45) is 0 Å². The van der Waals surface area contributed by atoms with Gasteiger partial charge >= 0.3 is 0 Å². The van der Waals surface area contributed by atoms with Gasteiger partial charge in [-0.15, -0.1) is 11.8 Å². The van der Waals surface area contributed by atoms with Crippen molar-refractivity contribution in [2.75, 3.05) is 5.75 Å². The lowest BCUT2D eigenvalue weighted by molar-refractivity contribution is -0.140. The predicted octanol–water partition coefficient (Wildman–Crippen LogP) is 6.41. The molecule has 3 rings (SSSR count). The van der Waals surface area contributed by atoms with Crippen molar-refractivity contribution in [3.8, 4) is 0 Å². The molecule has 3 aromatic rings. The van der Waals surface area contributed by atoms with E-state index in [0.717, 1.165) is 5.56 Å². The number of rotatable bonds is 10. The van der Waals surface area contributed by atoms with Crippen LogP contribution in [0.15, 0.2) is 72.8 Å². The summed E-state index contributed by atoms with van der Waals surface area (Å²) in [5, 5.41) is 3.26. The van der Waals surface area contributed by atoms with Gasteiger partial charge in [-0.3, -0.25) is 9.59 Å². The zero-order valence-electron chi connectivity index (χ0n) is 21.1. The SMILES string of the molecule is CC(C)(C)NC(=O)[C@@H](Cc1ccccc1)N(Cc1ccccc1F)C(=O)CSCc1c(F)cccc1Cl. The Balaban J connectivity index is 1.90. The third-order valence-corrected chi connectivity index (χ3v) is 6.90. The van der Waals surface area contributed by atoms with Gasteiger partial charge in [0.05, 0.1) is 5.75 Å². The quantitative estimate of drug-likeness (QED) is 0.321. The maximum absolute atomic E-state index is 14.6. The van der Waals surface area contributed by atoms with Crippen LogP contribution in [0.1, 0.15) is 37.5 Å². The largest absolute Gasteiger partial charge is 0.350 e. The summed E-state index contributed by atoms with van der Waals surface area (Å²) in [7, 11) is 0. The van der Waals surface area contributed by atoms with Crippen LogP contribution < -0.4 is 5.32 Å². The van der Waals surface area contributed by atoms with E-state index < -0.39 is 23.2 Å². The Morgan fingerprint density at radius 1 is 0.946 bits per heavy atom. The molecule has 2 amide bonds. The van der Waals surface area contributed by atoms with Crippen LogP contribution in [0.2, 0.25) is 5.02 Å². The molecule has 0 spiro atoms. The average molecular weight is 545 g/mol. The number of carbonyl (C=O) groups excluding carboxylic acids is 2. The zero-order valence-corrected chi connectivity index (χ0v) is 22.7. The van der Waals surface area contributed by atoms with E-state index in [0.29, 0.717) is 11.1 Å². The van der Waals surface area contributed by atoms with Crippen molar-refractivity contribution in [1.82, 2.24) is 10.2 Å². The van der Waals surface area contributed by atoms with Gasteiger partial charge in [0.2, 0.25) is 11.8 Å². The van der Waals surface area contributed by atoms with Gasteiger partial charge in [0, 0.05) is 40.4 Å². The first-order valence-corrected chi connectivity index (χ1v) is 13.5. The summed E-state index contributed by atoms with van der Waals surface area (Å²) in [5.41, 5.74) is 0.956. The lowest BCUT2D eigenvalue weighted by atomic mass is 10.0. The van der Waals surface area contributed by atoms with Crippen molar-refractivity contribution in [3.63, 3.8) is 0 Å². The third-order valence-electron chi connectivity index (χ3n) is 5.60. The van der Waals surface area contributed by atoms with Crippen LogP contribution in [0.3, 0.4) is 0 Å². The van der Waals surface area contributed by atoms with Crippen molar-refractivity contribution in [2.45, 2.75) is 51.1 Å². The highest BCUT2D eigenvalue weighted by Gasteiger charge is 2.32. The molecule has 1 atom stereocenters. The molecule has 0 aliphatic rings. The minimum atomic E-state index is -0.883.